The van der Waals surface area contributed by atoms with Gasteiger partial charge in [-0.25, -0.2) is 19.2 Å². The van der Waals surface area contributed by atoms with Crippen molar-refractivity contribution in [3.05, 3.63) is 59.7 Å². The minimum absolute atomic E-state index is 0.00557. The van der Waals surface area contributed by atoms with Crippen molar-refractivity contribution in [2.75, 3.05) is 26.4 Å². The van der Waals surface area contributed by atoms with E-state index in [9.17, 15) is 19.2 Å². The minimum atomic E-state index is -1.91. The summed E-state index contributed by atoms with van der Waals surface area (Å²) in [6, 6.07) is 12.8. The fourth-order valence-corrected chi connectivity index (χ4v) is 8.89. The summed E-state index contributed by atoms with van der Waals surface area (Å²) in [7, 11) is 0. The molecule has 4 rings (SSSR count). The Morgan fingerprint density at radius 1 is 0.435 bits per heavy atom. The van der Waals surface area contributed by atoms with Crippen LogP contribution in [-0.4, -0.2) is 62.5 Å². The van der Waals surface area contributed by atoms with Crippen LogP contribution >= 0.6 is 0 Å². The van der Waals surface area contributed by atoms with Crippen molar-refractivity contribution >= 4 is 23.9 Å². The summed E-state index contributed by atoms with van der Waals surface area (Å²) >= 11 is 0. The molecule has 0 unspecified atom stereocenters. The van der Waals surface area contributed by atoms with E-state index in [-0.39, 0.29) is 24.3 Å². The molecule has 2 aliphatic carbocycles. The number of unbranched alkanes of at least 4 members (excludes halogenated alkanes) is 4. The van der Waals surface area contributed by atoms with Crippen LogP contribution in [0, 0.1) is 23.7 Å². The van der Waals surface area contributed by atoms with Gasteiger partial charge in [0.25, 0.3) is 0 Å². The van der Waals surface area contributed by atoms with E-state index in [0.29, 0.717) is 37.6 Å². The van der Waals surface area contributed by atoms with Gasteiger partial charge in [-0.05, 0) is 111 Å². The van der Waals surface area contributed by atoms with Gasteiger partial charge in [0.05, 0.1) is 37.6 Å². The number of rotatable bonds is 29. The van der Waals surface area contributed by atoms with E-state index < -0.39 is 36.1 Å². The van der Waals surface area contributed by atoms with Crippen LogP contribution in [0.5, 0.6) is 11.5 Å². The summed E-state index contributed by atoms with van der Waals surface area (Å²) in [4.78, 5) is 53.8. The van der Waals surface area contributed by atoms with Crippen molar-refractivity contribution in [1.29, 1.82) is 0 Å². The minimum Gasteiger partial charge on any atom is -0.494 e. The largest absolute Gasteiger partial charge is 0.494 e. The second-order valence-electron chi connectivity index (χ2n) is 17.8. The van der Waals surface area contributed by atoms with Gasteiger partial charge in [-0.2, -0.15) is 0 Å². The molecule has 10 nitrogen and oxygen atoms in total. The zero-order valence-electron chi connectivity index (χ0n) is 38.6. The molecule has 346 valence electrons. The number of hydrogen-bond donors (Lipinski definition) is 0. The van der Waals surface area contributed by atoms with E-state index in [0.717, 1.165) is 49.4 Å². The number of benzene rings is 2. The topological polar surface area (TPSA) is 124 Å². The molecular weight excluding hydrogens is 785 g/mol. The van der Waals surface area contributed by atoms with Gasteiger partial charge in [-0.3, -0.25) is 0 Å². The number of esters is 4. The molecule has 2 aromatic rings. The van der Waals surface area contributed by atoms with Gasteiger partial charge in [0, 0.05) is 0 Å². The molecule has 0 N–H and O–H groups in total. The van der Waals surface area contributed by atoms with E-state index in [1.54, 1.807) is 38.1 Å². The van der Waals surface area contributed by atoms with Crippen LogP contribution in [0.1, 0.15) is 190 Å². The molecule has 2 saturated carbocycles. The maximum absolute atomic E-state index is 13.5. The van der Waals surface area contributed by atoms with Gasteiger partial charge in [-0.1, -0.05) is 130 Å². The third-order valence-electron chi connectivity index (χ3n) is 12.7. The summed E-state index contributed by atoms with van der Waals surface area (Å²) in [6.07, 6.45) is 22.7. The molecule has 2 atom stereocenters. The molecule has 0 saturated heterocycles. The molecule has 62 heavy (non-hydrogen) atoms. The lowest BCUT2D eigenvalue weighted by Crippen LogP contribution is -2.47. The smallest absolute Gasteiger partial charge is 0.352 e. The van der Waals surface area contributed by atoms with Crippen molar-refractivity contribution in [2.24, 2.45) is 23.7 Å². The van der Waals surface area contributed by atoms with Gasteiger partial charge in [0.2, 0.25) is 12.2 Å². The summed E-state index contributed by atoms with van der Waals surface area (Å²) in [5, 5.41) is 0. The van der Waals surface area contributed by atoms with Gasteiger partial charge in [-0.15, -0.1) is 0 Å². The molecule has 10 heteroatoms. The Balaban J connectivity index is 1.28. The molecule has 0 aliphatic heterocycles. The maximum atomic E-state index is 13.5. The molecule has 0 bridgehead atoms. The molecule has 0 aromatic heterocycles. The molecule has 0 radical (unpaired) electrons. The molecule has 2 fully saturated rings. The lowest BCUT2D eigenvalue weighted by molar-refractivity contribution is -0.174. The van der Waals surface area contributed by atoms with E-state index >= 15 is 0 Å². The van der Waals surface area contributed by atoms with E-state index in [1.165, 1.54) is 127 Å². The average molecular weight is 863 g/mol. The first-order chi connectivity index (χ1) is 30.2. The van der Waals surface area contributed by atoms with Crippen molar-refractivity contribution in [3.63, 3.8) is 0 Å². The highest BCUT2D eigenvalue weighted by molar-refractivity contribution is 5.96. The average Bonchev–Trinajstić information content (AvgIpc) is 3.30. The Morgan fingerprint density at radius 3 is 1.06 bits per heavy atom. The summed E-state index contributed by atoms with van der Waals surface area (Å²) < 4.78 is 33.9. The predicted octanol–water partition coefficient (Wildman–Crippen LogP) is 12.4. The Morgan fingerprint density at radius 2 is 0.758 bits per heavy atom. The first-order valence-electron chi connectivity index (χ1n) is 24.4. The number of hydrogen-bond acceptors (Lipinski definition) is 10. The van der Waals surface area contributed by atoms with E-state index in [1.807, 2.05) is 0 Å². The lowest BCUT2D eigenvalue weighted by atomic mass is 9.78. The van der Waals surface area contributed by atoms with Crippen LogP contribution in [-0.2, 0) is 28.5 Å². The van der Waals surface area contributed by atoms with Gasteiger partial charge in [0.15, 0.2) is 0 Å². The zero-order valence-corrected chi connectivity index (χ0v) is 38.6. The van der Waals surface area contributed by atoms with Crippen LogP contribution in [0.3, 0.4) is 0 Å². The summed E-state index contributed by atoms with van der Waals surface area (Å²) in [5.74, 6) is 0.676. The number of carbonyl (C=O) groups is 4. The highest BCUT2D eigenvalue weighted by Crippen LogP contribution is 2.35. The second kappa shape index (κ2) is 29.3. The second-order valence-corrected chi connectivity index (χ2v) is 17.8. The van der Waals surface area contributed by atoms with Crippen molar-refractivity contribution < 1.29 is 47.6 Å². The normalized spacial score (nSPS) is 19.7. The number of carbonyl (C=O) groups excluding carboxylic acids is 4. The van der Waals surface area contributed by atoms with Crippen LogP contribution in [0.15, 0.2) is 48.5 Å². The lowest BCUT2D eigenvalue weighted by Gasteiger charge is -2.28. The Labute approximate surface area is 372 Å². The molecule has 2 aliphatic rings. The molecule has 0 spiro atoms. The SMILES string of the molecule is CCCCC[C@H]1CC[C@H](CCCOc2ccc(C(=O)O[C@@H](C(=O)OCCC)[C@@H](OC(=O)c3ccc(OCCC[C@H]4CC[C@H](CCCCC)CC4)cc3)C(=O)OCCC)cc2)CC1. The molecular formula is C52H78O10. The first kappa shape index (κ1) is 50.6. The Bertz CT molecular complexity index is 1440. The molecule has 2 aromatic carbocycles. The number of ether oxygens (including phenoxy) is 6. The van der Waals surface area contributed by atoms with Crippen LogP contribution < -0.4 is 9.47 Å². The van der Waals surface area contributed by atoms with Crippen LogP contribution in [0.2, 0.25) is 0 Å². The van der Waals surface area contributed by atoms with Gasteiger partial charge < -0.3 is 28.4 Å². The van der Waals surface area contributed by atoms with Gasteiger partial charge in [0.1, 0.15) is 11.5 Å². The van der Waals surface area contributed by atoms with Crippen LogP contribution in [0.25, 0.3) is 0 Å². The molecule has 0 heterocycles. The molecule has 0 amide bonds. The zero-order chi connectivity index (χ0) is 44.4. The van der Waals surface area contributed by atoms with Gasteiger partial charge >= 0.3 is 23.9 Å². The van der Waals surface area contributed by atoms with Crippen molar-refractivity contribution in [2.45, 2.75) is 181 Å². The predicted molar refractivity (Wildman–Crippen MR) is 242 cm³/mol. The third-order valence-corrected chi connectivity index (χ3v) is 12.7. The van der Waals surface area contributed by atoms with E-state index in [2.05, 4.69) is 13.8 Å². The standard InChI is InChI=1S/C52H78O10/c1-5-9-11-15-39-19-23-41(24-20-39)17-13-37-57-45-31-27-43(28-32-45)49(53)61-47(51(55)59-35-7-3)48(52(56)60-36-8-4)62-50(54)44-29-33-46(34-30-44)58-38-14-18-42-25-21-40(22-26-42)16-12-10-6-2/h27-34,39-42,47-48H,5-26,35-38H2,1-4H3/t39-,40-,41-,42-,47-,48-/m1/s1. The summed E-state index contributed by atoms with van der Waals surface area (Å²) in [5.41, 5.74) is 0.239. The Kier molecular flexibility index (Phi) is 23.9. The Hall–Kier alpha value is -4.08. The monoisotopic (exact) mass is 863 g/mol. The quantitative estimate of drug-likeness (QED) is 0.0443. The van der Waals surface area contributed by atoms with Crippen LogP contribution in [0.4, 0.5) is 0 Å². The third kappa shape index (κ3) is 18.3. The van der Waals surface area contributed by atoms with Crippen molar-refractivity contribution in [3.8, 4) is 11.5 Å². The highest BCUT2D eigenvalue weighted by Gasteiger charge is 2.43. The first-order valence-corrected chi connectivity index (χ1v) is 24.4. The maximum Gasteiger partial charge on any atom is 0.352 e. The highest BCUT2D eigenvalue weighted by atomic mass is 16.6. The fourth-order valence-electron chi connectivity index (χ4n) is 8.89. The van der Waals surface area contributed by atoms with E-state index in [4.69, 9.17) is 28.4 Å². The summed E-state index contributed by atoms with van der Waals surface area (Å²) in [6.45, 7) is 9.30. The fraction of sp³-hybridized carbons (Fsp3) is 0.692. The van der Waals surface area contributed by atoms with Crippen molar-refractivity contribution in [1.82, 2.24) is 0 Å².